The molecule has 4 nitrogen and oxygen atoms in total. The van der Waals surface area contributed by atoms with Gasteiger partial charge < -0.3 is 4.74 Å². The number of nitrogens with zero attached hydrogens (tertiary/aromatic N) is 2. The summed E-state index contributed by atoms with van der Waals surface area (Å²) in [4.78, 5) is 18.0. The van der Waals surface area contributed by atoms with Crippen molar-refractivity contribution in [3.8, 4) is 12.3 Å². The minimum absolute atomic E-state index is 0.0403. The summed E-state index contributed by atoms with van der Waals surface area (Å²) >= 11 is 0. The molecule has 114 valence electrons. The molecule has 0 aliphatic rings. The van der Waals surface area contributed by atoms with Crippen LogP contribution in [-0.4, -0.2) is 23.2 Å². The minimum Gasteiger partial charge on any atom is -0.443 e. The van der Waals surface area contributed by atoms with Gasteiger partial charge in [-0.05, 0) is 32.9 Å². The number of ether oxygens (including phenoxy) is 1. The third kappa shape index (κ3) is 5.11. The molecule has 1 aromatic heterocycles. The SMILES string of the molecule is C#CCN(C(=O)OC(C)(C)C)c1ccc(C(C)(C)C)nc1. The Balaban J connectivity index is 3.02. The van der Waals surface area contributed by atoms with Crippen LogP contribution in [0.2, 0.25) is 0 Å². The summed E-state index contributed by atoms with van der Waals surface area (Å²) in [5.74, 6) is 2.48. The Labute approximate surface area is 127 Å². The minimum atomic E-state index is -0.567. The summed E-state index contributed by atoms with van der Waals surface area (Å²) in [6.07, 6.45) is 6.54. The first-order valence-electron chi connectivity index (χ1n) is 6.95. The van der Waals surface area contributed by atoms with Gasteiger partial charge in [0.15, 0.2) is 0 Å². The molecule has 21 heavy (non-hydrogen) atoms. The van der Waals surface area contributed by atoms with Gasteiger partial charge in [0.2, 0.25) is 0 Å². The van der Waals surface area contributed by atoms with Crippen LogP contribution in [0.1, 0.15) is 47.2 Å². The predicted molar refractivity (Wildman–Crippen MR) is 85.4 cm³/mol. The van der Waals surface area contributed by atoms with Crippen molar-refractivity contribution >= 4 is 11.8 Å². The highest BCUT2D eigenvalue weighted by atomic mass is 16.6. The molecule has 0 N–H and O–H groups in total. The summed E-state index contributed by atoms with van der Waals surface area (Å²) in [7, 11) is 0. The summed E-state index contributed by atoms with van der Waals surface area (Å²) in [5.41, 5.74) is 0.982. The molecule has 4 heteroatoms. The van der Waals surface area contributed by atoms with Gasteiger partial charge in [0.05, 0.1) is 18.4 Å². The summed E-state index contributed by atoms with van der Waals surface area (Å²) in [6, 6.07) is 3.75. The number of rotatable bonds is 2. The van der Waals surface area contributed by atoms with E-state index in [4.69, 9.17) is 11.2 Å². The van der Waals surface area contributed by atoms with E-state index < -0.39 is 11.7 Å². The molecule has 0 aliphatic carbocycles. The second-order valence-corrected chi connectivity index (χ2v) is 6.92. The Bertz CT molecular complexity index is 528. The quantitative estimate of drug-likeness (QED) is 0.778. The number of aromatic nitrogens is 1. The van der Waals surface area contributed by atoms with E-state index >= 15 is 0 Å². The van der Waals surface area contributed by atoms with E-state index in [-0.39, 0.29) is 12.0 Å². The molecule has 0 saturated heterocycles. The standard InChI is InChI=1S/C17H24N2O2/c1-8-11-19(15(20)21-17(5,6)7)13-9-10-14(18-12-13)16(2,3)4/h1,9-10,12H,11H2,2-7H3. The van der Waals surface area contributed by atoms with Crippen molar-refractivity contribution < 1.29 is 9.53 Å². The smallest absolute Gasteiger partial charge is 0.415 e. The van der Waals surface area contributed by atoms with Crippen LogP contribution in [0, 0.1) is 12.3 Å². The fourth-order valence-electron chi connectivity index (χ4n) is 1.66. The Morgan fingerprint density at radius 2 is 1.90 bits per heavy atom. The second-order valence-electron chi connectivity index (χ2n) is 6.92. The Morgan fingerprint density at radius 1 is 1.29 bits per heavy atom. The van der Waals surface area contributed by atoms with Gasteiger partial charge in [0.1, 0.15) is 5.60 Å². The van der Waals surface area contributed by atoms with Crippen molar-refractivity contribution in [1.82, 2.24) is 4.98 Å². The Hall–Kier alpha value is -2.02. The highest BCUT2D eigenvalue weighted by molar-refractivity contribution is 5.88. The Kier molecular flexibility index (Phi) is 5.01. The molecular weight excluding hydrogens is 264 g/mol. The van der Waals surface area contributed by atoms with Gasteiger partial charge in [-0.15, -0.1) is 6.42 Å². The molecule has 0 fully saturated rings. The van der Waals surface area contributed by atoms with Crippen LogP contribution in [0.5, 0.6) is 0 Å². The maximum absolute atomic E-state index is 12.2. The summed E-state index contributed by atoms with van der Waals surface area (Å²) in [6.45, 7) is 11.9. The van der Waals surface area contributed by atoms with Crippen LogP contribution in [0.25, 0.3) is 0 Å². The molecule has 1 heterocycles. The molecule has 0 spiro atoms. The first-order chi connectivity index (χ1) is 9.54. The van der Waals surface area contributed by atoms with Crippen LogP contribution in [0.15, 0.2) is 18.3 Å². The van der Waals surface area contributed by atoms with Gasteiger partial charge in [-0.2, -0.15) is 0 Å². The number of carbonyl (C=O) groups excluding carboxylic acids is 1. The van der Waals surface area contributed by atoms with E-state index in [1.807, 2.05) is 32.9 Å². The number of amides is 1. The van der Waals surface area contributed by atoms with Crippen molar-refractivity contribution in [2.75, 3.05) is 11.4 Å². The largest absolute Gasteiger partial charge is 0.443 e. The number of hydrogen-bond acceptors (Lipinski definition) is 3. The lowest BCUT2D eigenvalue weighted by Gasteiger charge is -2.26. The average molecular weight is 288 g/mol. The van der Waals surface area contributed by atoms with E-state index in [0.717, 1.165) is 5.69 Å². The third-order valence-electron chi connectivity index (χ3n) is 2.69. The molecule has 0 aromatic carbocycles. The van der Waals surface area contributed by atoms with Gasteiger partial charge in [0.25, 0.3) is 0 Å². The average Bonchev–Trinajstić information content (AvgIpc) is 2.33. The van der Waals surface area contributed by atoms with Gasteiger partial charge in [0, 0.05) is 11.1 Å². The van der Waals surface area contributed by atoms with Crippen molar-refractivity contribution in [2.24, 2.45) is 0 Å². The predicted octanol–water partition coefficient (Wildman–Crippen LogP) is 3.75. The number of pyridine rings is 1. The zero-order valence-corrected chi connectivity index (χ0v) is 13.7. The summed E-state index contributed by atoms with van der Waals surface area (Å²) < 4.78 is 5.37. The van der Waals surface area contributed by atoms with E-state index in [0.29, 0.717) is 5.69 Å². The molecule has 0 radical (unpaired) electrons. The highest BCUT2D eigenvalue weighted by Gasteiger charge is 2.23. The zero-order valence-electron chi connectivity index (χ0n) is 13.7. The first kappa shape index (κ1) is 17.0. The van der Waals surface area contributed by atoms with Crippen LogP contribution >= 0.6 is 0 Å². The molecular formula is C17H24N2O2. The zero-order chi connectivity index (χ0) is 16.3. The lowest BCUT2D eigenvalue weighted by Crippen LogP contribution is -2.37. The monoisotopic (exact) mass is 288 g/mol. The number of hydrogen-bond donors (Lipinski definition) is 0. The molecule has 0 unspecified atom stereocenters. The second kappa shape index (κ2) is 6.17. The van der Waals surface area contributed by atoms with Gasteiger partial charge in [-0.1, -0.05) is 26.7 Å². The Morgan fingerprint density at radius 3 is 2.29 bits per heavy atom. The van der Waals surface area contributed by atoms with Crippen LogP contribution in [-0.2, 0) is 10.2 Å². The number of carbonyl (C=O) groups is 1. The van der Waals surface area contributed by atoms with Crippen molar-refractivity contribution in [3.63, 3.8) is 0 Å². The maximum Gasteiger partial charge on any atom is 0.415 e. The van der Waals surface area contributed by atoms with Crippen LogP contribution in [0.4, 0.5) is 10.5 Å². The highest BCUT2D eigenvalue weighted by Crippen LogP contribution is 2.23. The lowest BCUT2D eigenvalue weighted by atomic mass is 9.92. The molecule has 0 saturated carbocycles. The van der Waals surface area contributed by atoms with E-state index in [2.05, 4.69) is 31.7 Å². The molecule has 1 rings (SSSR count). The van der Waals surface area contributed by atoms with Crippen molar-refractivity contribution in [1.29, 1.82) is 0 Å². The van der Waals surface area contributed by atoms with Crippen molar-refractivity contribution in [3.05, 3.63) is 24.0 Å². The van der Waals surface area contributed by atoms with Crippen LogP contribution in [0.3, 0.4) is 0 Å². The molecule has 1 aromatic rings. The fraction of sp³-hybridized carbons (Fsp3) is 0.529. The van der Waals surface area contributed by atoms with E-state index in [1.165, 1.54) is 4.90 Å². The molecule has 0 atom stereocenters. The van der Waals surface area contributed by atoms with Gasteiger partial charge >= 0.3 is 6.09 Å². The number of terminal acetylenes is 1. The van der Waals surface area contributed by atoms with E-state index in [9.17, 15) is 4.79 Å². The van der Waals surface area contributed by atoms with Crippen LogP contribution < -0.4 is 4.90 Å². The molecule has 0 bridgehead atoms. The topological polar surface area (TPSA) is 42.4 Å². The maximum atomic E-state index is 12.2. The van der Waals surface area contributed by atoms with E-state index in [1.54, 1.807) is 6.20 Å². The molecule has 0 aliphatic heterocycles. The normalized spacial score (nSPS) is 11.7. The number of anilines is 1. The van der Waals surface area contributed by atoms with Crippen molar-refractivity contribution in [2.45, 2.75) is 52.6 Å². The fourth-order valence-corrected chi connectivity index (χ4v) is 1.66. The van der Waals surface area contributed by atoms with Gasteiger partial charge in [-0.25, -0.2) is 4.79 Å². The first-order valence-corrected chi connectivity index (χ1v) is 6.95. The van der Waals surface area contributed by atoms with Gasteiger partial charge in [-0.3, -0.25) is 9.88 Å². The lowest BCUT2D eigenvalue weighted by molar-refractivity contribution is 0.0585. The third-order valence-corrected chi connectivity index (χ3v) is 2.69. The molecule has 1 amide bonds. The summed E-state index contributed by atoms with van der Waals surface area (Å²) in [5, 5.41) is 0.